The van der Waals surface area contributed by atoms with Gasteiger partial charge in [0.05, 0.1) is 0 Å². The maximum absolute atomic E-state index is 5.76. The zero-order valence-electron chi connectivity index (χ0n) is 7.42. The Morgan fingerprint density at radius 3 is 2.92 bits per heavy atom. The first-order valence-corrected chi connectivity index (χ1v) is 4.19. The quantitative estimate of drug-likeness (QED) is 0.567. The first-order chi connectivity index (χ1) is 5.67. The molecule has 2 radical (unpaired) electrons. The highest BCUT2D eigenvalue weighted by Crippen LogP contribution is 2.33. The van der Waals surface area contributed by atoms with Crippen LogP contribution in [0.5, 0.6) is 5.75 Å². The molecule has 1 heterocycles. The van der Waals surface area contributed by atoms with Gasteiger partial charge < -0.3 is 4.74 Å². The third-order valence-electron chi connectivity index (χ3n) is 1.98. The summed E-state index contributed by atoms with van der Waals surface area (Å²) in [6, 6.07) is 8.02. The van der Waals surface area contributed by atoms with Crippen LogP contribution in [0.3, 0.4) is 0 Å². The van der Waals surface area contributed by atoms with Crippen molar-refractivity contribution in [1.82, 2.24) is 0 Å². The lowest BCUT2D eigenvalue weighted by atomic mass is 9.94. The number of fused-ring (bicyclic) bond motifs is 1. The lowest BCUT2D eigenvalue weighted by Crippen LogP contribution is -2.31. The molecule has 0 aromatic heterocycles. The SMILES string of the molecule is CC1(C)C[C]c2ccccc2O1. The molecule has 0 spiro atoms. The molecular formula is C11H12O. The summed E-state index contributed by atoms with van der Waals surface area (Å²) in [4.78, 5) is 0. The van der Waals surface area contributed by atoms with E-state index in [0.29, 0.717) is 0 Å². The lowest BCUT2D eigenvalue weighted by Gasteiger charge is -2.31. The van der Waals surface area contributed by atoms with Crippen molar-refractivity contribution in [3.05, 3.63) is 36.2 Å². The predicted molar refractivity (Wildman–Crippen MR) is 48.1 cm³/mol. The molecule has 12 heavy (non-hydrogen) atoms. The second-order valence-corrected chi connectivity index (χ2v) is 3.71. The first-order valence-electron chi connectivity index (χ1n) is 4.19. The summed E-state index contributed by atoms with van der Waals surface area (Å²) in [5, 5.41) is 0. The zero-order chi connectivity index (χ0) is 8.60. The van der Waals surface area contributed by atoms with Crippen LogP contribution in [0.4, 0.5) is 0 Å². The summed E-state index contributed by atoms with van der Waals surface area (Å²) in [6.45, 7) is 4.16. The van der Waals surface area contributed by atoms with Gasteiger partial charge in [-0.25, -0.2) is 0 Å². The normalized spacial score (nSPS) is 19.5. The highest BCUT2D eigenvalue weighted by atomic mass is 16.5. The van der Waals surface area contributed by atoms with Crippen molar-refractivity contribution in [2.24, 2.45) is 0 Å². The Morgan fingerprint density at radius 2 is 2.08 bits per heavy atom. The molecule has 0 N–H and O–H groups in total. The standard InChI is InChI=1S/C11H12O/c1-11(2)8-7-9-5-3-4-6-10(9)12-11/h3-6H,8H2,1-2H3. The van der Waals surface area contributed by atoms with E-state index in [4.69, 9.17) is 4.74 Å². The molecule has 1 aliphatic heterocycles. The molecular weight excluding hydrogens is 148 g/mol. The van der Waals surface area contributed by atoms with Crippen LogP contribution in [-0.4, -0.2) is 5.60 Å². The molecule has 62 valence electrons. The molecule has 0 bridgehead atoms. The van der Waals surface area contributed by atoms with Crippen molar-refractivity contribution in [2.45, 2.75) is 25.9 Å². The molecule has 1 aliphatic rings. The third kappa shape index (κ3) is 1.31. The fourth-order valence-electron chi connectivity index (χ4n) is 1.34. The van der Waals surface area contributed by atoms with E-state index in [1.807, 2.05) is 24.3 Å². The second kappa shape index (κ2) is 2.51. The second-order valence-electron chi connectivity index (χ2n) is 3.71. The molecule has 1 aromatic rings. The highest BCUT2D eigenvalue weighted by Gasteiger charge is 2.26. The molecule has 0 saturated heterocycles. The van der Waals surface area contributed by atoms with Gasteiger partial charge in [-0.3, -0.25) is 0 Å². The summed E-state index contributed by atoms with van der Waals surface area (Å²) >= 11 is 0. The number of ether oxygens (including phenoxy) is 1. The van der Waals surface area contributed by atoms with Gasteiger partial charge >= 0.3 is 0 Å². The van der Waals surface area contributed by atoms with Gasteiger partial charge in [-0.15, -0.1) is 0 Å². The molecule has 0 unspecified atom stereocenters. The maximum atomic E-state index is 5.76. The van der Waals surface area contributed by atoms with Crippen LogP contribution >= 0.6 is 0 Å². The highest BCUT2D eigenvalue weighted by molar-refractivity contribution is 5.41. The molecule has 0 atom stereocenters. The minimum atomic E-state index is -0.0889. The Balaban J connectivity index is 2.35. The maximum Gasteiger partial charge on any atom is 0.123 e. The fraction of sp³-hybridized carbons (Fsp3) is 0.364. The molecule has 0 fully saturated rings. The van der Waals surface area contributed by atoms with E-state index in [0.717, 1.165) is 17.7 Å². The Labute approximate surface area is 73.4 Å². The molecule has 0 amide bonds. The average molecular weight is 160 g/mol. The van der Waals surface area contributed by atoms with Gasteiger partial charge in [-0.05, 0) is 26.3 Å². The van der Waals surface area contributed by atoms with Gasteiger partial charge in [-0.2, -0.15) is 0 Å². The van der Waals surface area contributed by atoms with E-state index in [-0.39, 0.29) is 5.60 Å². The Hall–Kier alpha value is -0.980. The third-order valence-corrected chi connectivity index (χ3v) is 1.98. The van der Waals surface area contributed by atoms with E-state index in [1.165, 1.54) is 0 Å². The Morgan fingerprint density at radius 1 is 1.33 bits per heavy atom. The molecule has 0 saturated carbocycles. The van der Waals surface area contributed by atoms with Crippen LogP contribution in [-0.2, 0) is 0 Å². The van der Waals surface area contributed by atoms with Gasteiger partial charge in [0.1, 0.15) is 11.4 Å². The van der Waals surface area contributed by atoms with E-state index in [2.05, 4.69) is 20.3 Å². The first kappa shape index (κ1) is 7.66. The minimum Gasteiger partial charge on any atom is -0.488 e. The van der Waals surface area contributed by atoms with Crippen LogP contribution in [0.2, 0.25) is 0 Å². The van der Waals surface area contributed by atoms with Crippen LogP contribution in [0.1, 0.15) is 25.8 Å². The molecule has 1 nitrogen and oxygen atoms in total. The van der Waals surface area contributed by atoms with Gasteiger partial charge in [0.15, 0.2) is 0 Å². The van der Waals surface area contributed by atoms with E-state index in [9.17, 15) is 0 Å². The average Bonchev–Trinajstić information content (AvgIpc) is 2.02. The van der Waals surface area contributed by atoms with Crippen LogP contribution < -0.4 is 4.74 Å². The smallest absolute Gasteiger partial charge is 0.123 e. The number of hydrogen-bond donors (Lipinski definition) is 0. The molecule has 0 aliphatic carbocycles. The van der Waals surface area contributed by atoms with Crippen molar-refractivity contribution >= 4 is 0 Å². The van der Waals surface area contributed by atoms with Gasteiger partial charge in [0, 0.05) is 12.0 Å². The van der Waals surface area contributed by atoms with Crippen LogP contribution in [0.15, 0.2) is 24.3 Å². The van der Waals surface area contributed by atoms with Crippen molar-refractivity contribution in [3.63, 3.8) is 0 Å². The van der Waals surface area contributed by atoms with Gasteiger partial charge in [0.25, 0.3) is 0 Å². The number of benzene rings is 1. The van der Waals surface area contributed by atoms with Gasteiger partial charge in [-0.1, -0.05) is 18.2 Å². The Kier molecular flexibility index (Phi) is 1.60. The van der Waals surface area contributed by atoms with Crippen molar-refractivity contribution in [2.75, 3.05) is 0 Å². The summed E-state index contributed by atoms with van der Waals surface area (Å²) in [6.07, 6.45) is 4.19. The minimum absolute atomic E-state index is 0.0889. The monoisotopic (exact) mass is 160 g/mol. The van der Waals surface area contributed by atoms with E-state index < -0.39 is 0 Å². The summed E-state index contributed by atoms with van der Waals surface area (Å²) in [7, 11) is 0. The number of para-hydroxylation sites is 1. The summed E-state index contributed by atoms with van der Waals surface area (Å²) in [5.41, 5.74) is 1.01. The van der Waals surface area contributed by atoms with Gasteiger partial charge in [0.2, 0.25) is 0 Å². The largest absolute Gasteiger partial charge is 0.488 e. The number of hydrogen-bond acceptors (Lipinski definition) is 1. The van der Waals surface area contributed by atoms with Crippen LogP contribution in [0.25, 0.3) is 0 Å². The number of rotatable bonds is 0. The lowest BCUT2D eigenvalue weighted by molar-refractivity contribution is 0.0988. The van der Waals surface area contributed by atoms with Crippen LogP contribution in [0, 0.1) is 6.42 Å². The van der Waals surface area contributed by atoms with Crippen molar-refractivity contribution < 1.29 is 4.74 Å². The van der Waals surface area contributed by atoms with Crippen molar-refractivity contribution in [3.8, 4) is 5.75 Å². The predicted octanol–water partition coefficient (Wildman–Crippen LogP) is 2.68. The van der Waals surface area contributed by atoms with E-state index >= 15 is 0 Å². The summed E-state index contributed by atoms with van der Waals surface area (Å²) < 4.78 is 5.76. The van der Waals surface area contributed by atoms with Crippen molar-refractivity contribution in [1.29, 1.82) is 0 Å². The molecule has 2 rings (SSSR count). The summed E-state index contributed by atoms with van der Waals surface area (Å²) in [5.74, 6) is 0.953. The zero-order valence-corrected chi connectivity index (χ0v) is 7.42. The molecule has 1 aromatic carbocycles. The molecule has 1 heteroatoms. The van der Waals surface area contributed by atoms with E-state index in [1.54, 1.807) is 0 Å². The Bertz CT molecular complexity index is 289. The topological polar surface area (TPSA) is 9.23 Å². The fourth-order valence-corrected chi connectivity index (χ4v) is 1.34.